The normalized spacial score (nSPS) is 15.0. The van der Waals surface area contributed by atoms with Crippen molar-refractivity contribution in [2.45, 2.75) is 12.7 Å². The molecule has 4 aromatic rings. The lowest BCUT2D eigenvalue weighted by atomic mass is 10.1. The van der Waals surface area contributed by atoms with Crippen molar-refractivity contribution in [3.05, 3.63) is 64.4 Å². The summed E-state index contributed by atoms with van der Waals surface area (Å²) in [7, 11) is 0. The molecule has 12 heteroatoms. The van der Waals surface area contributed by atoms with Crippen molar-refractivity contribution in [2.75, 3.05) is 31.6 Å². The predicted molar refractivity (Wildman–Crippen MR) is 121 cm³/mol. The highest BCUT2D eigenvalue weighted by Gasteiger charge is 2.35. The number of aromatic nitrogens is 2. The van der Waals surface area contributed by atoms with E-state index < -0.39 is 34.9 Å². The number of nitrogens with one attached hydrogen (secondary N) is 1. The first-order valence-electron chi connectivity index (χ1n) is 10.6. The van der Waals surface area contributed by atoms with Crippen molar-refractivity contribution in [3.8, 4) is 11.5 Å². The Hall–Kier alpha value is -3.35. The molecule has 0 bridgehead atoms. The van der Waals surface area contributed by atoms with E-state index in [-0.39, 0.29) is 16.7 Å². The van der Waals surface area contributed by atoms with Gasteiger partial charge in [0, 0.05) is 25.0 Å². The quantitative estimate of drug-likeness (QED) is 0.375. The molecule has 0 aliphatic carbocycles. The van der Waals surface area contributed by atoms with Gasteiger partial charge in [0.15, 0.2) is 10.7 Å². The number of hydrogen-bond donors (Lipinski definition) is 1. The number of thiazole rings is 1. The van der Waals surface area contributed by atoms with Gasteiger partial charge in [0.1, 0.15) is 11.3 Å². The van der Waals surface area contributed by atoms with E-state index in [1.807, 2.05) is 5.38 Å². The van der Waals surface area contributed by atoms with Gasteiger partial charge in [0.05, 0.1) is 35.6 Å². The van der Waals surface area contributed by atoms with Crippen LogP contribution in [0.25, 0.3) is 22.6 Å². The van der Waals surface area contributed by atoms with Crippen LogP contribution in [-0.2, 0) is 17.5 Å². The first-order chi connectivity index (χ1) is 16.8. The molecule has 3 heterocycles. The monoisotopic (exact) mass is 506 g/mol. The summed E-state index contributed by atoms with van der Waals surface area (Å²) < 4.78 is 65.0. The second kappa shape index (κ2) is 9.36. The van der Waals surface area contributed by atoms with Gasteiger partial charge in [-0.2, -0.15) is 13.2 Å². The smallest absolute Gasteiger partial charge is 0.417 e. The third kappa shape index (κ3) is 5.04. The molecule has 1 N–H and O–H groups in total. The van der Waals surface area contributed by atoms with Gasteiger partial charge in [-0.25, -0.2) is 14.4 Å². The van der Waals surface area contributed by atoms with Crippen molar-refractivity contribution >= 4 is 33.5 Å². The zero-order valence-corrected chi connectivity index (χ0v) is 18.9. The number of para-hydroxylation sites is 1. The zero-order chi connectivity index (χ0) is 24.6. The van der Waals surface area contributed by atoms with Crippen molar-refractivity contribution in [2.24, 2.45) is 0 Å². The van der Waals surface area contributed by atoms with Gasteiger partial charge in [-0.3, -0.25) is 15.0 Å². The van der Waals surface area contributed by atoms with E-state index in [1.54, 1.807) is 0 Å². The van der Waals surface area contributed by atoms with Crippen LogP contribution in [0.1, 0.15) is 21.6 Å². The average molecular weight is 506 g/mol. The standard InChI is InChI=1S/C23H18F4N4O3S/c24-13-4-5-17(23(25,26)27)16(10-13)21-29-18-3-1-2-15(19(18)34-21)20(32)30-22-28-14(12-35-22)11-31-6-8-33-9-7-31/h1-5,10,12H,6-9,11H2,(H,28,30,32). The lowest BCUT2D eigenvalue weighted by Gasteiger charge is -2.25. The second-order valence-corrected chi connectivity index (χ2v) is 8.71. The van der Waals surface area contributed by atoms with Gasteiger partial charge in [0.25, 0.3) is 5.91 Å². The number of benzene rings is 2. The van der Waals surface area contributed by atoms with Crippen LogP contribution in [0.5, 0.6) is 0 Å². The minimum atomic E-state index is -4.74. The number of morpholine rings is 1. The molecule has 0 unspecified atom stereocenters. The molecule has 0 radical (unpaired) electrons. The molecule has 1 aliphatic rings. The van der Waals surface area contributed by atoms with Crippen LogP contribution in [0, 0.1) is 5.82 Å². The topological polar surface area (TPSA) is 80.5 Å². The molecule has 1 fully saturated rings. The van der Waals surface area contributed by atoms with E-state index in [4.69, 9.17) is 9.15 Å². The fourth-order valence-corrected chi connectivity index (χ4v) is 4.47. The maximum Gasteiger partial charge on any atom is 0.417 e. The molecule has 182 valence electrons. The highest BCUT2D eigenvalue weighted by Crippen LogP contribution is 2.38. The van der Waals surface area contributed by atoms with Crippen LogP contribution < -0.4 is 5.32 Å². The van der Waals surface area contributed by atoms with Crippen LogP contribution in [0.2, 0.25) is 0 Å². The van der Waals surface area contributed by atoms with Gasteiger partial charge < -0.3 is 9.15 Å². The van der Waals surface area contributed by atoms with Crippen LogP contribution in [-0.4, -0.2) is 47.1 Å². The molecular formula is C23H18F4N4O3S. The van der Waals surface area contributed by atoms with Gasteiger partial charge in [-0.05, 0) is 30.3 Å². The predicted octanol–water partition coefficient (Wildman–Crippen LogP) is 5.19. The number of alkyl halides is 3. The average Bonchev–Trinajstić information content (AvgIpc) is 3.45. The third-order valence-electron chi connectivity index (χ3n) is 5.44. The Morgan fingerprint density at radius 3 is 2.71 bits per heavy atom. The van der Waals surface area contributed by atoms with Crippen LogP contribution in [0.15, 0.2) is 46.2 Å². The maximum absolute atomic E-state index is 13.8. The van der Waals surface area contributed by atoms with E-state index in [2.05, 4.69) is 20.2 Å². The number of amides is 1. The maximum atomic E-state index is 13.8. The van der Waals surface area contributed by atoms with Gasteiger partial charge in [-0.15, -0.1) is 11.3 Å². The third-order valence-corrected chi connectivity index (χ3v) is 6.25. The fraction of sp³-hybridized carbons (Fsp3) is 0.261. The number of carbonyl (C=O) groups excluding carboxylic acids is 1. The Balaban J connectivity index is 1.41. The Morgan fingerprint density at radius 1 is 1.14 bits per heavy atom. The molecule has 1 aliphatic heterocycles. The summed E-state index contributed by atoms with van der Waals surface area (Å²) in [6, 6.07) is 6.55. The Kier molecular flexibility index (Phi) is 6.26. The fourth-order valence-electron chi connectivity index (χ4n) is 3.77. The number of nitrogens with zero attached hydrogens (tertiary/aromatic N) is 3. The van der Waals surface area contributed by atoms with E-state index >= 15 is 0 Å². The lowest BCUT2D eigenvalue weighted by molar-refractivity contribution is -0.137. The molecule has 1 saturated heterocycles. The van der Waals surface area contributed by atoms with Crippen molar-refractivity contribution in [1.82, 2.24) is 14.9 Å². The molecule has 0 saturated carbocycles. The van der Waals surface area contributed by atoms with E-state index in [0.717, 1.165) is 24.8 Å². The van der Waals surface area contributed by atoms with Crippen molar-refractivity contribution < 1.29 is 31.5 Å². The Bertz CT molecular complexity index is 1380. The summed E-state index contributed by atoms with van der Waals surface area (Å²) in [5.41, 5.74) is -0.617. The zero-order valence-electron chi connectivity index (χ0n) is 18.1. The number of oxazole rings is 1. The molecule has 35 heavy (non-hydrogen) atoms. The molecule has 0 spiro atoms. The number of anilines is 1. The van der Waals surface area contributed by atoms with E-state index in [0.29, 0.717) is 37.0 Å². The molecule has 1 amide bonds. The highest BCUT2D eigenvalue weighted by molar-refractivity contribution is 7.14. The van der Waals surface area contributed by atoms with E-state index in [1.165, 1.54) is 29.5 Å². The molecule has 2 aromatic carbocycles. The summed E-state index contributed by atoms with van der Waals surface area (Å²) in [6.45, 7) is 3.56. The molecule has 5 rings (SSSR count). The Morgan fingerprint density at radius 2 is 1.94 bits per heavy atom. The number of fused-ring (bicyclic) bond motifs is 1. The number of carbonyl (C=O) groups is 1. The van der Waals surface area contributed by atoms with Crippen molar-refractivity contribution in [3.63, 3.8) is 0 Å². The van der Waals surface area contributed by atoms with Gasteiger partial charge >= 0.3 is 6.18 Å². The Labute approximate surface area is 200 Å². The molecule has 7 nitrogen and oxygen atoms in total. The summed E-state index contributed by atoms with van der Waals surface area (Å²) in [5.74, 6) is -1.86. The van der Waals surface area contributed by atoms with Crippen LogP contribution in [0.4, 0.5) is 22.7 Å². The molecule has 0 atom stereocenters. The summed E-state index contributed by atoms with van der Waals surface area (Å²) >= 11 is 1.26. The molecular weight excluding hydrogens is 488 g/mol. The van der Waals surface area contributed by atoms with Gasteiger partial charge in [-0.1, -0.05) is 6.07 Å². The minimum Gasteiger partial charge on any atom is -0.435 e. The number of rotatable bonds is 5. The van der Waals surface area contributed by atoms with E-state index in [9.17, 15) is 22.4 Å². The minimum absolute atomic E-state index is 0.0116. The summed E-state index contributed by atoms with van der Waals surface area (Å²) in [4.78, 5) is 23.7. The van der Waals surface area contributed by atoms with Crippen LogP contribution >= 0.6 is 11.3 Å². The SMILES string of the molecule is O=C(Nc1nc(CN2CCOCC2)cs1)c1cccc2nc(-c3cc(F)ccc3C(F)(F)F)oc12. The van der Waals surface area contributed by atoms with Gasteiger partial charge in [0.2, 0.25) is 5.89 Å². The number of ether oxygens (including phenoxy) is 1. The van der Waals surface area contributed by atoms with Crippen molar-refractivity contribution in [1.29, 1.82) is 0 Å². The molecule has 2 aromatic heterocycles. The second-order valence-electron chi connectivity index (χ2n) is 7.85. The summed E-state index contributed by atoms with van der Waals surface area (Å²) in [5, 5.41) is 4.92. The number of hydrogen-bond acceptors (Lipinski definition) is 7. The number of halogens is 4. The largest absolute Gasteiger partial charge is 0.435 e. The first-order valence-corrected chi connectivity index (χ1v) is 11.5. The summed E-state index contributed by atoms with van der Waals surface area (Å²) in [6.07, 6.45) is -4.74. The lowest BCUT2D eigenvalue weighted by Crippen LogP contribution is -2.35. The highest BCUT2D eigenvalue weighted by atomic mass is 32.1. The van der Waals surface area contributed by atoms with Crippen LogP contribution in [0.3, 0.4) is 0 Å². The first kappa shape index (κ1) is 23.4.